The lowest BCUT2D eigenvalue weighted by molar-refractivity contribution is 0.560. The van der Waals surface area contributed by atoms with Gasteiger partial charge < -0.3 is 0 Å². The van der Waals surface area contributed by atoms with E-state index in [-0.39, 0.29) is 20.8 Å². The summed E-state index contributed by atoms with van der Waals surface area (Å²) in [6.07, 6.45) is 1.48. The Labute approximate surface area is 139 Å². The molecule has 23 heavy (non-hydrogen) atoms. The Morgan fingerprint density at radius 3 is 2.09 bits per heavy atom. The molecule has 0 aliphatic heterocycles. The minimum absolute atomic E-state index is 0.0198. The fourth-order valence-electron chi connectivity index (χ4n) is 1.61. The Bertz CT molecular complexity index is 842. The first-order valence-electron chi connectivity index (χ1n) is 6.73. The molecular formula is C13H17N3O4S3. The van der Waals surface area contributed by atoms with Crippen molar-refractivity contribution in [3.63, 3.8) is 0 Å². The number of thiazole rings is 1. The fourth-order valence-corrected chi connectivity index (χ4v) is 4.61. The Morgan fingerprint density at radius 2 is 1.61 bits per heavy atom. The summed E-state index contributed by atoms with van der Waals surface area (Å²) >= 11 is 1.15. The van der Waals surface area contributed by atoms with E-state index in [0.29, 0.717) is 6.54 Å². The average Bonchev–Trinajstić information content (AvgIpc) is 2.97. The van der Waals surface area contributed by atoms with Crippen molar-refractivity contribution in [2.75, 3.05) is 11.3 Å². The number of rotatable bonds is 7. The van der Waals surface area contributed by atoms with Crippen molar-refractivity contribution in [1.82, 2.24) is 9.71 Å². The first-order chi connectivity index (χ1) is 10.7. The first kappa shape index (κ1) is 17.9. The summed E-state index contributed by atoms with van der Waals surface area (Å²) in [6, 6.07) is 5.03. The highest BCUT2D eigenvalue weighted by Gasteiger charge is 2.18. The average molecular weight is 375 g/mol. The highest BCUT2D eigenvalue weighted by atomic mass is 32.2. The number of aromatic nitrogens is 1. The molecule has 0 spiro atoms. The largest absolute Gasteiger partial charge is 0.263 e. The number of nitrogens with zero attached hydrogens (tertiary/aromatic N) is 1. The van der Waals surface area contributed by atoms with Gasteiger partial charge in [-0.2, -0.15) is 0 Å². The number of anilines is 1. The van der Waals surface area contributed by atoms with E-state index in [4.69, 9.17) is 0 Å². The standard InChI is InChI=1S/C13H17N3O4S3/c1-10(2)9-15-22(17,18)11-3-5-12(6-4-11)23(19,20)16-13-14-7-8-21-13/h3-8,10,15H,9H2,1-2H3,(H,14,16). The molecular weight excluding hydrogens is 358 g/mol. The molecule has 0 bridgehead atoms. The predicted octanol–water partition coefficient (Wildman–Crippen LogP) is 1.88. The van der Waals surface area contributed by atoms with Gasteiger partial charge in [0.1, 0.15) is 0 Å². The van der Waals surface area contributed by atoms with Crippen LogP contribution < -0.4 is 9.44 Å². The van der Waals surface area contributed by atoms with Crippen molar-refractivity contribution in [3.05, 3.63) is 35.8 Å². The van der Waals surface area contributed by atoms with E-state index < -0.39 is 20.0 Å². The third-order valence-electron chi connectivity index (χ3n) is 2.78. The van der Waals surface area contributed by atoms with Gasteiger partial charge in [-0.15, -0.1) is 11.3 Å². The van der Waals surface area contributed by atoms with Crippen LogP contribution in [0.3, 0.4) is 0 Å². The van der Waals surface area contributed by atoms with Gasteiger partial charge in [0, 0.05) is 18.1 Å². The number of hydrogen-bond acceptors (Lipinski definition) is 6. The van der Waals surface area contributed by atoms with Crippen LogP contribution in [0, 0.1) is 5.92 Å². The van der Waals surface area contributed by atoms with Gasteiger partial charge in [0.25, 0.3) is 10.0 Å². The molecule has 0 atom stereocenters. The summed E-state index contributed by atoms with van der Waals surface area (Å²) in [4.78, 5) is 3.83. The SMILES string of the molecule is CC(C)CNS(=O)(=O)c1ccc(S(=O)(=O)Nc2nccs2)cc1. The third-order valence-corrected chi connectivity index (χ3v) is 6.39. The molecule has 126 valence electrons. The van der Waals surface area contributed by atoms with Crippen molar-refractivity contribution in [3.8, 4) is 0 Å². The van der Waals surface area contributed by atoms with Crippen molar-refractivity contribution < 1.29 is 16.8 Å². The first-order valence-corrected chi connectivity index (χ1v) is 10.6. The zero-order chi connectivity index (χ0) is 17.1. The second kappa shape index (κ2) is 6.95. The minimum atomic E-state index is -3.79. The molecule has 0 amide bonds. The van der Waals surface area contributed by atoms with E-state index in [9.17, 15) is 16.8 Å². The highest BCUT2D eigenvalue weighted by Crippen LogP contribution is 2.19. The lowest BCUT2D eigenvalue weighted by Gasteiger charge is -2.10. The maximum absolute atomic E-state index is 12.2. The van der Waals surface area contributed by atoms with E-state index in [0.717, 1.165) is 11.3 Å². The summed E-state index contributed by atoms with van der Waals surface area (Å²) in [5, 5.41) is 1.90. The van der Waals surface area contributed by atoms with Gasteiger partial charge in [0.15, 0.2) is 5.13 Å². The van der Waals surface area contributed by atoms with Crippen LogP contribution >= 0.6 is 11.3 Å². The van der Waals surface area contributed by atoms with Gasteiger partial charge in [0.05, 0.1) is 9.79 Å². The summed E-state index contributed by atoms with van der Waals surface area (Å²) in [6.45, 7) is 4.10. The maximum Gasteiger partial charge on any atom is 0.263 e. The van der Waals surface area contributed by atoms with Crippen molar-refractivity contribution >= 4 is 36.5 Å². The zero-order valence-corrected chi connectivity index (χ0v) is 15.0. The summed E-state index contributed by atoms with van der Waals surface area (Å²) in [5.74, 6) is 0.173. The predicted molar refractivity (Wildman–Crippen MR) is 89.4 cm³/mol. The molecule has 7 nitrogen and oxygen atoms in total. The molecule has 10 heteroatoms. The molecule has 0 saturated carbocycles. The molecule has 0 radical (unpaired) electrons. The van der Waals surface area contributed by atoms with Gasteiger partial charge in [0.2, 0.25) is 10.0 Å². The van der Waals surface area contributed by atoms with Gasteiger partial charge in [-0.1, -0.05) is 13.8 Å². The smallest absolute Gasteiger partial charge is 0.255 e. The monoisotopic (exact) mass is 375 g/mol. The molecule has 0 unspecified atom stereocenters. The van der Waals surface area contributed by atoms with E-state index in [2.05, 4.69) is 14.4 Å². The van der Waals surface area contributed by atoms with Gasteiger partial charge in [-0.25, -0.2) is 26.5 Å². The van der Waals surface area contributed by atoms with Crippen LogP contribution in [0.2, 0.25) is 0 Å². The minimum Gasteiger partial charge on any atom is -0.255 e. The molecule has 0 aliphatic carbocycles. The number of hydrogen-bond donors (Lipinski definition) is 2. The van der Waals surface area contributed by atoms with Gasteiger partial charge in [-0.3, -0.25) is 4.72 Å². The van der Waals surface area contributed by atoms with Crippen LogP contribution in [0.1, 0.15) is 13.8 Å². The lowest BCUT2D eigenvalue weighted by atomic mass is 10.2. The van der Waals surface area contributed by atoms with E-state index in [1.807, 2.05) is 13.8 Å². The second-order valence-corrected chi connectivity index (χ2v) is 9.50. The zero-order valence-electron chi connectivity index (χ0n) is 12.6. The fraction of sp³-hybridized carbons (Fsp3) is 0.308. The van der Waals surface area contributed by atoms with Crippen LogP contribution in [-0.4, -0.2) is 28.4 Å². The van der Waals surface area contributed by atoms with Crippen LogP contribution in [0.25, 0.3) is 0 Å². The quantitative estimate of drug-likeness (QED) is 0.769. The summed E-state index contributed by atoms with van der Waals surface area (Å²) in [5.41, 5.74) is 0. The summed E-state index contributed by atoms with van der Waals surface area (Å²) < 4.78 is 53.3. The molecule has 0 fully saturated rings. The molecule has 2 aromatic rings. The number of benzene rings is 1. The summed E-state index contributed by atoms with van der Waals surface area (Å²) in [7, 11) is -7.43. The van der Waals surface area contributed by atoms with Crippen molar-refractivity contribution in [2.24, 2.45) is 5.92 Å². The number of sulfonamides is 2. The molecule has 0 saturated heterocycles. The van der Waals surface area contributed by atoms with Crippen LogP contribution in [-0.2, 0) is 20.0 Å². The Hall–Kier alpha value is -1.49. The van der Waals surface area contributed by atoms with Crippen molar-refractivity contribution in [2.45, 2.75) is 23.6 Å². The normalized spacial score (nSPS) is 12.5. The Kier molecular flexibility index (Phi) is 5.40. The Morgan fingerprint density at radius 1 is 1.04 bits per heavy atom. The van der Waals surface area contributed by atoms with Gasteiger partial charge in [-0.05, 0) is 30.2 Å². The molecule has 0 aliphatic rings. The highest BCUT2D eigenvalue weighted by molar-refractivity contribution is 7.93. The lowest BCUT2D eigenvalue weighted by Crippen LogP contribution is -2.27. The molecule has 2 rings (SSSR count). The molecule has 1 heterocycles. The van der Waals surface area contributed by atoms with E-state index in [1.54, 1.807) is 5.38 Å². The molecule has 2 N–H and O–H groups in total. The molecule has 1 aromatic carbocycles. The third kappa shape index (κ3) is 4.74. The van der Waals surface area contributed by atoms with Crippen LogP contribution in [0.15, 0.2) is 45.6 Å². The van der Waals surface area contributed by atoms with E-state index in [1.165, 1.54) is 30.5 Å². The van der Waals surface area contributed by atoms with Crippen molar-refractivity contribution in [1.29, 1.82) is 0 Å². The topological polar surface area (TPSA) is 105 Å². The van der Waals surface area contributed by atoms with Crippen LogP contribution in [0.4, 0.5) is 5.13 Å². The Balaban J connectivity index is 2.19. The van der Waals surface area contributed by atoms with E-state index >= 15 is 0 Å². The van der Waals surface area contributed by atoms with Crippen LogP contribution in [0.5, 0.6) is 0 Å². The molecule has 1 aromatic heterocycles. The number of nitrogens with one attached hydrogen (secondary N) is 2. The maximum atomic E-state index is 12.2. The second-order valence-electron chi connectivity index (χ2n) is 5.16. The van der Waals surface area contributed by atoms with Gasteiger partial charge >= 0.3 is 0 Å².